The zero-order valence-corrected chi connectivity index (χ0v) is 17.8. The summed E-state index contributed by atoms with van der Waals surface area (Å²) in [4.78, 5) is 15.7. The summed E-state index contributed by atoms with van der Waals surface area (Å²) in [5, 5.41) is 7.79. The second-order valence-corrected chi connectivity index (χ2v) is 8.05. The summed E-state index contributed by atoms with van der Waals surface area (Å²) in [7, 11) is 0. The molecule has 0 amide bonds. The third-order valence-corrected chi connectivity index (χ3v) is 5.86. The molecule has 1 aromatic carbocycles. The normalized spacial score (nSPS) is 17.6. The van der Waals surface area contributed by atoms with E-state index in [0.29, 0.717) is 0 Å². The van der Waals surface area contributed by atoms with Crippen molar-refractivity contribution in [3.05, 3.63) is 42.4 Å². The Morgan fingerprint density at radius 1 is 1.10 bits per heavy atom. The molecule has 0 bridgehead atoms. The third kappa shape index (κ3) is 4.55. The Balaban J connectivity index is 1.37. The van der Waals surface area contributed by atoms with Crippen molar-refractivity contribution in [2.45, 2.75) is 25.9 Å². The van der Waals surface area contributed by atoms with Crippen LogP contribution in [0.2, 0.25) is 0 Å². The van der Waals surface area contributed by atoms with Crippen LogP contribution in [0.3, 0.4) is 0 Å². The van der Waals surface area contributed by atoms with Crippen molar-refractivity contribution >= 4 is 28.2 Å². The summed E-state index contributed by atoms with van der Waals surface area (Å²) >= 11 is 0. The number of piperidine rings is 1. The Bertz CT molecular complexity index is 1050. The lowest BCUT2D eigenvalue weighted by Gasteiger charge is -2.28. The lowest BCUT2D eigenvalue weighted by molar-refractivity contribution is 0.122. The zero-order valence-electron chi connectivity index (χ0n) is 17.8. The van der Waals surface area contributed by atoms with E-state index < -0.39 is 0 Å². The molecule has 3 aromatic rings. The van der Waals surface area contributed by atoms with E-state index in [2.05, 4.69) is 49.5 Å². The van der Waals surface area contributed by atoms with Gasteiger partial charge >= 0.3 is 0 Å². The van der Waals surface area contributed by atoms with Crippen molar-refractivity contribution in [1.82, 2.24) is 20.3 Å². The number of aromatic nitrogens is 3. The highest BCUT2D eigenvalue weighted by Gasteiger charge is 2.17. The number of hydrogen-bond acceptors (Lipinski definition) is 8. The molecule has 0 saturated carbocycles. The predicted molar refractivity (Wildman–Crippen MR) is 121 cm³/mol. The maximum atomic E-state index is 6.23. The van der Waals surface area contributed by atoms with Crippen molar-refractivity contribution in [3.8, 4) is 5.75 Å². The lowest BCUT2D eigenvalue weighted by Crippen LogP contribution is -2.36. The number of anilines is 3. The minimum Gasteiger partial charge on any atom is -0.490 e. The Hall–Kier alpha value is -2.97. The Kier molecular flexibility index (Phi) is 5.82. The van der Waals surface area contributed by atoms with Crippen LogP contribution in [0.5, 0.6) is 5.75 Å². The Labute approximate surface area is 182 Å². The number of ether oxygens (including phenoxy) is 2. The highest BCUT2D eigenvalue weighted by Crippen LogP contribution is 2.29. The number of benzene rings is 1. The first-order chi connectivity index (χ1) is 15.3. The van der Waals surface area contributed by atoms with Gasteiger partial charge in [-0.05, 0) is 62.7 Å². The summed E-state index contributed by atoms with van der Waals surface area (Å²) in [5.74, 6) is 2.65. The first kappa shape index (κ1) is 20.0. The van der Waals surface area contributed by atoms with Gasteiger partial charge in [-0.1, -0.05) is 0 Å². The van der Waals surface area contributed by atoms with Gasteiger partial charge in [-0.15, -0.1) is 0 Å². The molecule has 2 aliphatic rings. The molecule has 2 aliphatic heterocycles. The number of nitrogens with one attached hydrogen (secondary N) is 2. The van der Waals surface area contributed by atoms with Crippen LogP contribution in [0.15, 0.2) is 36.8 Å². The van der Waals surface area contributed by atoms with Gasteiger partial charge in [0.1, 0.15) is 29.8 Å². The topological polar surface area (TPSA) is 84.4 Å². The second-order valence-electron chi connectivity index (χ2n) is 8.05. The quantitative estimate of drug-likeness (QED) is 0.652. The number of nitrogens with zero attached hydrogens (tertiary/aromatic N) is 4. The van der Waals surface area contributed by atoms with Crippen molar-refractivity contribution in [2.75, 3.05) is 49.6 Å². The number of rotatable bonds is 5. The monoisotopic (exact) mass is 420 g/mol. The van der Waals surface area contributed by atoms with Crippen LogP contribution in [0.4, 0.5) is 17.3 Å². The van der Waals surface area contributed by atoms with Gasteiger partial charge in [0.25, 0.3) is 0 Å². The van der Waals surface area contributed by atoms with Gasteiger partial charge in [0.2, 0.25) is 0 Å². The summed E-state index contributed by atoms with van der Waals surface area (Å²) in [5.41, 5.74) is 2.90. The van der Waals surface area contributed by atoms with Crippen LogP contribution in [-0.2, 0) is 4.74 Å². The molecule has 162 valence electrons. The summed E-state index contributed by atoms with van der Waals surface area (Å²) in [6.07, 6.45) is 5.77. The zero-order chi connectivity index (χ0) is 21.0. The number of aryl methyl sites for hydroxylation is 1. The SMILES string of the molecule is Cc1cc(Nc2ncnc3cnc(N4CCOCC4)cc23)ccc1OC1CCNCC1. The van der Waals surface area contributed by atoms with Crippen LogP contribution in [-0.4, -0.2) is 60.4 Å². The van der Waals surface area contributed by atoms with E-state index in [0.717, 1.165) is 91.8 Å². The molecular formula is C23H28N6O2. The van der Waals surface area contributed by atoms with E-state index in [9.17, 15) is 0 Å². The fourth-order valence-electron chi connectivity index (χ4n) is 4.10. The number of fused-ring (bicyclic) bond motifs is 1. The Morgan fingerprint density at radius 2 is 1.94 bits per heavy atom. The highest BCUT2D eigenvalue weighted by atomic mass is 16.5. The lowest BCUT2D eigenvalue weighted by atomic mass is 10.1. The summed E-state index contributed by atoms with van der Waals surface area (Å²) < 4.78 is 11.7. The van der Waals surface area contributed by atoms with Gasteiger partial charge in [0.05, 0.1) is 24.9 Å². The van der Waals surface area contributed by atoms with Gasteiger partial charge in [-0.2, -0.15) is 0 Å². The largest absolute Gasteiger partial charge is 0.490 e. The van der Waals surface area contributed by atoms with E-state index in [1.165, 1.54) is 0 Å². The molecule has 0 atom stereocenters. The molecule has 0 spiro atoms. The Morgan fingerprint density at radius 3 is 2.74 bits per heavy atom. The van der Waals surface area contributed by atoms with E-state index in [-0.39, 0.29) is 6.10 Å². The molecule has 8 heteroatoms. The van der Waals surface area contributed by atoms with Gasteiger partial charge in [-0.25, -0.2) is 15.0 Å². The van der Waals surface area contributed by atoms with Crippen LogP contribution in [0.1, 0.15) is 18.4 Å². The fourth-order valence-corrected chi connectivity index (χ4v) is 4.10. The summed E-state index contributed by atoms with van der Waals surface area (Å²) in [6.45, 7) is 7.25. The maximum absolute atomic E-state index is 6.23. The van der Waals surface area contributed by atoms with Crippen molar-refractivity contribution < 1.29 is 9.47 Å². The van der Waals surface area contributed by atoms with Gasteiger partial charge in [-0.3, -0.25) is 0 Å². The van der Waals surface area contributed by atoms with Crippen LogP contribution < -0.4 is 20.3 Å². The minimum atomic E-state index is 0.288. The highest BCUT2D eigenvalue weighted by molar-refractivity contribution is 5.91. The van der Waals surface area contributed by atoms with Crippen molar-refractivity contribution in [3.63, 3.8) is 0 Å². The molecule has 31 heavy (non-hydrogen) atoms. The number of morpholine rings is 1. The number of pyridine rings is 1. The molecule has 2 saturated heterocycles. The second kappa shape index (κ2) is 9.03. The van der Waals surface area contributed by atoms with Gasteiger partial charge in [0.15, 0.2) is 0 Å². The molecule has 5 rings (SSSR count). The smallest absolute Gasteiger partial charge is 0.141 e. The van der Waals surface area contributed by atoms with E-state index >= 15 is 0 Å². The third-order valence-electron chi connectivity index (χ3n) is 5.86. The van der Waals surface area contributed by atoms with Crippen LogP contribution >= 0.6 is 0 Å². The molecular weight excluding hydrogens is 392 g/mol. The molecule has 0 aliphatic carbocycles. The molecule has 8 nitrogen and oxygen atoms in total. The average molecular weight is 421 g/mol. The van der Waals surface area contributed by atoms with E-state index in [4.69, 9.17) is 9.47 Å². The molecule has 2 N–H and O–H groups in total. The standard InChI is InChI=1S/C23H28N6O2/c1-16-12-17(2-3-21(16)31-18-4-6-24-7-5-18)28-23-19-13-22(29-8-10-30-11-9-29)25-14-20(19)26-15-27-23/h2-3,12-15,18,24H,4-11H2,1H3,(H,26,27,28). The predicted octanol–water partition coefficient (Wildman–Crippen LogP) is 3.04. The summed E-state index contributed by atoms with van der Waals surface area (Å²) in [6, 6.07) is 8.25. The van der Waals surface area contributed by atoms with Crippen molar-refractivity contribution in [2.24, 2.45) is 0 Å². The molecule has 0 unspecified atom stereocenters. The molecule has 4 heterocycles. The van der Waals surface area contributed by atoms with E-state index in [1.807, 2.05) is 18.3 Å². The average Bonchev–Trinajstić information content (AvgIpc) is 2.82. The fraction of sp³-hybridized carbons (Fsp3) is 0.435. The molecule has 2 aromatic heterocycles. The first-order valence-electron chi connectivity index (χ1n) is 10.9. The van der Waals surface area contributed by atoms with Gasteiger partial charge in [0, 0.05) is 24.2 Å². The number of hydrogen-bond donors (Lipinski definition) is 2. The molecule has 2 fully saturated rings. The van der Waals surface area contributed by atoms with E-state index in [1.54, 1.807) is 6.33 Å². The van der Waals surface area contributed by atoms with Crippen LogP contribution in [0.25, 0.3) is 10.9 Å². The van der Waals surface area contributed by atoms with Gasteiger partial charge < -0.3 is 25.0 Å². The molecule has 0 radical (unpaired) electrons. The maximum Gasteiger partial charge on any atom is 0.141 e. The van der Waals surface area contributed by atoms with Crippen molar-refractivity contribution in [1.29, 1.82) is 0 Å². The minimum absolute atomic E-state index is 0.288. The van der Waals surface area contributed by atoms with Crippen LogP contribution in [0, 0.1) is 6.92 Å². The first-order valence-corrected chi connectivity index (χ1v) is 10.9.